The minimum Gasteiger partial charge on any atom is -0.382 e. The molecule has 4 heteroatoms. The molecule has 0 aromatic heterocycles. The van der Waals surface area contributed by atoms with E-state index in [1.165, 1.54) is 11.3 Å². The van der Waals surface area contributed by atoms with Crippen LogP contribution in [0.15, 0.2) is 18.2 Å². The molecule has 0 bridgehead atoms. The molecule has 0 fully saturated rings. The highest BCUT2D eigenvalue weighted by Crippen LogP contribution is 2.28. The topological polar surface area (TPSA) is 44.4 Å². The molecule has 19 heavy (non-hydrogen) atoms. The first-order chi connectivity index (χ1) is 9.13. The zero-order chi connectivity index (χ0) is 13.8. The van der Waals surface area contributed by atoms with Crippen LogP contribution in [0.3, 0.4) is 0 Å². The van der Waals surface area contributed by atoms with Gasteiger partial charge in [0.05, 0.1) is 6.54 Å². The maximum atomic E-state index is 11.5. The van der Waals surface area contributed by atoms with Crippen LogP contribution in [0.4, 0.5) is 11.4 Å². The second-order valence-corrected chi connectivity index (χ2v) is 5.11. The average Bonchev–Trinajstić information content (AvgIpc) is 2.43. The van der Waals surface area contributed by atoms with E-state index in [0.29, 0.717) is 12.6 Å². The molecular formula is C15H23N3O. The number of nitrogens with one attached hydrogen (secondary N) is 2. The summed E-state index contributed by atoms with van der Waals surface area (Å²) in [7, 11) is 1.67. The van der Waals surface area contributed by atoms with Crippen LogP contribution >= 0.6 is 0 Å². The van der Waals surface area contributed by atoms with Gasteiger partial charge in [0.2, 0.25) is 5.91 Å². The molecule has 0 saturated carbocycles. The summed E-state index contributed by atoms with van der Waals surface area (Å²) >= 11 is 0. The third-order valence-corrected chi connectivity index (χ3v) is 3.70. The molecule has 2 N–H and O–H groups in total. The molecule has 1 aliphatic heterocycles. The molecule has 0 aliphatic carbocycles. The van der Waals surface area contributed by atoms with Gasteiger partial charge in [-0.2, -0.15) is 0 Å². The highest BCUT2D eigenvalue weighted by molar-refractivity contribution is 5.81. The Bertz CT molecular complexity index is 459. The highest BCUT2D eigenvalue weighted by atomic mass is 16.1. The van der Waals surface area contributed by atoms with Gasteiger partial charge in [0, 0.05) is 31.0 Å². The van der Waals surface area contributed by atoms with Gasteiger partial charge < -0.3 is 15.5 Å². The lowest BCUT2D eigenvalue weighted by molar-refractivity contribution is -0.119. The second-order valence-electron chi connectivity index (χ2n) is 5.11. The van der Waals surface area contributed by atoms with Crippen molar-refractivity contribution >= 4 is 17.3 Å². The van der Waals surface area contributed by atoms with Crippen molar-refractivity contribution in [3.8, 4) is 0 Å². The van der Waals surface area contributed by atoms with Crippen molar-refractivity contribution in [2.75, 3.05) is 30.4 Å². The van der Waals surface area contributed by atoms with Gasteiger partial charge in [-0.1, -0.05) is 0 Å². The molecule has 0 spiro atoms. The molecular weight excluding hydrogens is 238 g/mol. The quantitative estimate of drug-likeness (QED) is 0.871. The molecule has 1 amide bonds. The molecule has 1 aliphatic rings. The van der Waals surface area contributed by atoms with E-state index >= 15 is 0 Å². The number of hydrogen-bond acceptors (Lipinski definition) is 3. The van der Waals surface area contributed by atoms with Crippen LogP contribution in [-0.4, -0.2) is 32.1 Å². The number of amides is 1. The standard InChI is InChI=1S/C15H23N3O/c1-4-18(10-15(19)16-3)13-7-8-14-12(9-13)6-5-11(2)17-14/h7-9,11,17H,4-6,10H2,1-3H3,(H,16,19). The zero-order valence-corrected chi connectivity index (χ0v) is 12.0. The van der Waals surface area contributed by atoms with Crippen molar-refractivity contribution in [2.24, 2.45) is 0 Å². The lowest BCUT2D eigenvalue weighted by Gasteiger charge is -2.27. The number of hydrogen-bond donors (Lipinski definition) is 2. The van der Waals surface area contributed by atoms with E-state index in [-0.39, 0.29) is 5.91 Å². The van der Waals surface area contributed by atoms with Gasteiger partial charge in [-0.25, -0.2) is 0 Å². The summed E-state index contributed by atoms with van der Waals surface area (Å²) in [4.78, 5) is 13.6. The van der Waals surface area contributed by atoms with Crippen LogP contribution in [0.5, 0.6) is 0 Å². The summed E-state index contributed by atoms with van der Waals surface area (Å²) in [6.45, 7) is 5.52. The van der Waals surface area contributed by atoms with Gasteiger partial charge in [-0.15, -0.1) is 0 Å². The minimum absolute atomic E-state index is 0.0475. The van der Waals surface area contributed by atoms with Crippen LogP contribution in [-0.2, 0) is 11.2 Å². The predicted molar refractivity (Wildman–Crippen MR) is 79.8 cm³/mol. The number of benzene rings is 1. The van der Waals surface area contributed by atoms with E-state index in [1.54, 1.807) is 7.05 Å². The number of anilines is 2. The molecule has 0 saturated heterocycles. The van der Waals surface area contributed by atoms with E-state index in [1.807, 2.05) is 0 Å². The maximum absolute atomic E-state index is 11.5. The number of nitrogens with zero attached hydrogens (tertiary/aromatic N) is 1. The third kappa shape index (κ3) is 3.19. The largest absolute Gasteiger partial charge is 0.382 e. The summed E-state index contributed by atoms with van der Waals surface area (Å²) in [5, 5.41) is 6.17. The first-order valence-corrected chi connectivity index (χ1v) is 6.99. The average molecular weight is 261 g/mol. The Kier molecular flexibility index (Phi) is 4.30. The van der Waals surface area contributed by atoms with Gasteiger partial charge in [0.1, 0.15) is 0 Å². The molecule has 1 aromatic carbocycles. The third-order valence-electron chi connectivity index (χ3n) is 3.70. The molecule has 104 valence electrons. The maximum Gasteiger partial charge on any atom is 0.239 e. The fraction of sp³-hybridized carbons (Fsp3) is 0.533. The summed E-state index contributed by atoms with van der Waals surface area (Å²) < 4.78 is 0. The number of rotatable bonds is 4. The fourth-order valence-electron chi connectivity index (χ4n) is 2.47. The monoisotopic (exact) mass is 261 g/mol. The first-order valence-electron chi connectivity index (χ1n) is 6.99. The van der Waals surface area contributed by atoms with E-state index < -0.39 is 0 Å². The van der Waals surface area contributed by atoms with Crippen molar-refractivity contribution in [3.05, 3.63) is 23.8 Å². The molecule has 1 unspecified atom stereocenters. The zero-order valence-electron chi connectivity index (χ0n) is 12.0. The SMILES string of the molecule is CCN(CC(=O)NC)c1ccc2c(c1)CCC(C)N2. The van der Waals surface area contributed by atoms with Gasteiger partial charge in [-0.05, 0) is 50.5 Å². The van der Waals surface area contributed by atoms with E-state index in [0.717, 1.165) is 25.1 Å². The molecule has 1 heterocycles. The Labute approximate surface area is 115 Å². The van der Waals surface area contributed by atoms with Crippen molar-refractivity contribution in [2.45, 2.75) is 32.7 Å². The van der Waals surface area contributed by atoms with Crippen LogP contribution in [0.2, 0.25) is 0 Å². The predicted octanol–water partition coefficient (Wildman–Crippen LogP) is 2.01. The normalized spacial score (nSPS) is 17.3. The van der Waals surface area contributed by atoms with Crippen LogP contribution in [0.1, 0.15) is 25.8 Å². The lowest BCUT2D eigenvalue weighted by atomic mass is 9.98. The Morgan fingerprint density at radius 1 is 1.53 bits per heavy atom. The number of fused-ring (bicyclic) bond motifs is 1. The summed E-state index contributed by atoms with van der Waals surface area (Å²) in [6, 6.07) is 6.98. The smallest absolute Gasteiger partial charge is 0.239 e. The Balaban J connectivity index is 2.18. The van der Waals surface area contributed by atoms with E-state index in [2.05, 4.69) is 47.6 Å². The van der Waals surface area contributed by atoms with E-state index in [4.69, 9.17) is 0 Å². The number of likely N-dealkylation sites (N-methyl/N-ethyl adjacent to an activating group) is 2. The Hall–Kier alpha value is -1.71. The number of carbonyl (C=O) groups is 1. The second kappa shape index (κ2) is 5.95. The van der Waals surface area contributed by atoms with Gasteiger partial charge in [0.15, 0.2) is 0 Å². The van der Waals surface area contributed by atoms with Gasteiger partial charge in [0.25, 0.3) is 0 Å². The number of carbonyl (C=O) groups excluding carboxylic acids is 1. The van der Waals surface area contributed by atoms with Crippen molar-refractivity contribution < 1.29 is 4.79 Å². The van der Waals surface area contributed by atoms with Crippen molar-refractivity contribution in [3.63, 3.8) is 0 Å². The first kappa shape index (κ1) is 13.7. The summed E-state index contributed by atoms with van der Waals surface area (Å²) in [6.07, 6.45) is 2.27. The van der Waals surface area contributed by atoms with Crippen LogP contribution < -0.4 is 15.5 Å². The van der Waals surface area contributed by atoms with E-state index in [9.17, 15) is 4.79 Å². The highest BCUT2D eigenvalue weighted by Gasteiger charge is 2.16. The van der Waals surface area contributed by atoms with Crippen molar-refractivity contribution in [1.29, 1.82) is 0 Å². The molecule has 4 nitrogen and oxygen atoms in total. The van der Waals surface area contributed by atoms with Crippen LogP contribution in [0, 0.1) is 0 Å². The fourth-order valence-corrected chi connectivity index (χ4v) is 2.47. The van der Waals surface area contributed by atoms with Crippen molar-refractivity contribution in [1.82, 2.24) is 5.32 Å². The molecule has 2 rings (SSSR count). The van der Waals surface area contributed by atoms with Crippen LogP contribution in [0.25, 0.3) is 0 Å². The lowest BCUT2D eigenvalue weighted by Crippen LogP contribution is -2.35. The number of aryl methyl sites for hydroxylation is 1. The minimum atomic E-state index is 0.0475. The van der Waals surface area contributed by atoms with Gasteiger partial charge in [-0.3, -0.25) is 4.79 Å². The molecule has 1 atom stereocenters. The summed E-state index contributed by atoms with van der Waals surface area (Å²) in [5.41, 5.74) is 3.71. The summed E-state index contributed by atoms with van der Waals surface area (Å²) in [5.74, 6) is 0.0475. The Morgan fingerprint density at radius 3 is 3.00 bits per heavy atom. The molecule has 0 radical (unpaired) electrons. The Morgan fingerprint density at radius 2 is 2.32 bits per heavy atom. The van der Waals surface area contributed by atoms with Gasteiger partial charge >= 0.3 is 0 Å². The molecule has 1 aromatic rings.